The molecule has 0 aliphatic carbocycles. The fourth-order valence-electron chi connectivity index (χ4n) is 4.14. The second-order valence-corrected chi connectivity index (χ2v) is 15.5. The van der Waals surface area contributed by atoms with Crippen molar-refractivity contribution in [1.29, 1.82) is 0 Å². The number of aliphatic hydroxyl groups is 2. The molecule has 0 saturated carbocycles. The summed E-state index contributed by atoms with van der Waals surface area (Å²) >= 11 is 3.95. The van der Waals surface area contributed by atoms with Gasteiger partial charge in [-0.3, -0.25) is 27.7 Å². The van der Waals surface area contributed by atoms with Gasteiger partial charge in [0.15, 0.2) is 17.7 Å². The van der Waals surface area contributed by atoms with E-state index >= 15 is 0 Å². The predicted octanol–water partition coefficient (Wildman–Crippen LogP) is -1.67. The van der Waals surface area contributed by atoms with E-state index in [0.29, 0.717) is 12.3 Å². The van der Waals surface area contributed by atoms with Gasteiger partial charge in [-0.25, -0.2) is 28.6 Å². The van der Waals surface area contributed by atoms with Gasteiger partial charge in [-0.05, 0) is 0 Å². The van der Waals surface area contributed by atoms with Crippen LogP contribution in [0.4, 0.5) is 5.82 Å². The number of hydrogen-bond acceptors (Lipinski definition) is 17. The van der Waals surface area contributed by atoms with E-state index in [2.05, 4.69) is 47.0 Å². The zero-order valence-corrected chi connectivity index (χ0v) is 28.8. The molecule has 10 N–H and O–H groups in total. The summed E-state index contributed by atoms with van der Waals surface area (Å²) in [5, 5.41) is 26.1. The summed E-state index contributed by atoms with van der Waals surface area (Å²) < 4.78 is 61.7. The lowest BCUT2D eigenvalue weighted by molar-refractivity contribution is -0.137. The van der Waals surface area contributed by atoms with E-state index in [0.717, 1.165) is 17.2 Å². The highest BCUT2D eigenvalue weighted by Crippen LogP contribution is 2.61. The van der Waals surface area contributed by atoms with Crippen LogP contribution in [0.15, 0.2) is 12.7 Å². The van der Waals surface area contributed by atoms with Crippen molar-refractivity contribution < 1.29 is 75.7 Å². The van der Waals surface area contributed by atoms with Crippen LogP contribution in [0.3, 0.4) is 0 Å². The van der Waals surface area contributed by atoms with Crippen LogP contribution in [0, 0.1) is 5.41 Å². The van der Waals surface area contributed by atoms with Gasteiger partial charge >= 0.3 is 23.5 Å². The molecule has 1 saturated heterocycles. The van der Waals surface area contributed by atoms with Crippen molar-refractivity contribution in [2.75, 3.05) is 37.8 Å². The van der Waals surface area contributed by atoms with Gasteiger partial charge in [0.05, 0.1) is 19.5 Å². The normalized spacial score (nSPS) is 23.4. The molecule has 0 aromatic carbocycles. The number of nitrogens with two attached hydrogens (primary N) is 1. The molecule has 23 nitrogen and oxygen atoms in total. The molecule has 0 radical (unpaired) electrons. The Balaban J connectivity index is 1.61. The third kappa shape index (κ3) is 11.2. The van der Waals surface area contributed by atoms with Gasteiger partial charge in [-0.1, -0.05) is 13.8 Å². The number of aromatic nitrogens is 4. The van der Waals surface area contributed by atoms with Crippen LogP contribution in [-0.4, -0.2) is 118 Å². The van der Waals surface area contributed by atoms with E-state index in [1.54, 1.807) is 0 Å². The first-order valence-corrected chi connectivity index (χ1v) is 18.8. The first kappa shape index (κ1) is 40.3. The summed E-state index contributed by atoms with van der Waals surface area (Å²) in [7, 11) is -16.3. The van der Waals surface area contributed by atoms with E-state index in [1.807, 2.05) is 0 Å². The van der Waals surface area contributed by atoms with Gasteiger partial charge in [0.25, 0.3) is 0 Å². The summed E-state index contributed by atoms with van der Waals surface area (Å²) in [5.74, 6) is -0.943. The minimum absolute atomic E-state index is 0.0363. The maximum atomic E-state index is 12.6. The van der Waals surface area contributed by atoms with Crippen molar-refractivity contribution in [2.24, 2.45) is 5.41 Å². The number of phosphoric acid groups is 3. The number of anilines is 1. The Morgan fingerprint density at radius 2 is 1.77 bits per heavy atom. The second kappa shape index (κ2) is 16.3. The van der Waals surface area contributed by atoms with Crippen LogP contribution in [0.1, 0.15) is 26.5 Å². The number of nitrogen functional groups attached to an aromatic ring is 1. The summed E-state index contributed by atoms with van der Waals surface area (Å²) in [6.45, 7) is 0.723. The van der Waals surface area contributed by atoms with Crippen LogP contribution in [0.5, 0.6) is 0 Å². The zero-order valence-electron chi connectivity index (χ0n) is 25.2. The molecule has 3 heterocycles. The maximum absolute atomic E-state index is 12.6. The molecule has 48 heavy (non-hydrogen) atoms. The van der Waals surface area contributed by atoms with E-state index in [1.165, 1.54) is 13.8 Å². The van der Waals surface area contributed by atoms with Gasteiger partial charge in [0.1, 0.15) is 36.3 Å². The van der Waals surface area contributed by atoms with Crippen molar-refractivity contribution in [1.82, 2.24) is 30.2 Å². The third-order valence-corrected chi connectivity index (χ3v) is 9.83. The molecular weight excluding hydrogens is 731 g/mol. The van der Waals surface area contributed by atoms with Gasteiger partial charge in [-0.15, -0.1) is 0 Å². The zero-order chi connectivity index (χ0) is 36.1. The predicted molar refractivity (Wildman–Crippen MR) is 163 cm³/mol. The van der Waals surface area contributed by atoms with Crippen LogP contribution in [-0.2, 0) is 45.9 Å². The number of aliphatic hydroxyl groups excluding tert-OH is 2. The van der Waals surface area contributed by atoms with Crippen molar-refractivity contribution in [2.45, 2.75) is 50.9 Å². The number of thiol groups is 1. The number of fused-ring (bicyclic) bond motifs is 1. The number of carbonyl (C=O) groups is 2. The van der Waals surface area contributed by atoms with E-state index in [4.69, 9.17) is 19.5 Å². The standard InChI is InChI=1S/C21H36N7O16P3S/c1-21(2,16(31)19(32)24-4-3-12(29)23-5-6-48)8-41-47(38,39)44-46(36,37)40-7-11-15(43-45(33,34)35)14(30)20(42-11)28-10-27-13-17(22)25-9-26-18(13)28/h9-11,14-16,20,30-31,48H,3-8H2,1-2H3,(H,23,29)(H,24,32)(H,36,37)(H,38,39)(H2,22,25,26)(H2,33,34,35)/t11-,14?,15+,16+,20-/m1/s1. The number of rotatable bonds is 18. The Kier molecular flexibility index (Phi) is 13.7. The summed E-state index contributed by atoms with van der Waals surface area (Å²) in [4.78, 5) is 74.6. The monoisotopic (exact) mass is 767 g/mol. The van der Waals surface area contributed by atoms with Crippen LogP contribution < -0.4 is 16.4 Å². The Bertz CT molecular complexity index is 1590. The highest BCUT2D eigenvalue weighted by molar-refractivity contribution is 7.80. The molecule has 2 aromatic rings. The van der Waals surface area contributed by atoms with Gasteiger partial charge < -0.3 is 50.9 Å². The molecule has 1 aliphatic heterocycles. The molecule has 3 unspecified atom stereocenters. The van der Waals surface area contributed by atoms with Crippen molar-refractivity contribution >= 4 is 64.9 Å². The van der Waals surface area contributed by atoms with Crippen molar-refractivity contribution in [3.63, 3.8) is 0 Å². The minimum atomic E-state index is -5.54. The number of carbonyl (C=O) groups excluding carboxylic acids is 2. The Labute approximate surface area is 277 Å². The third-order valence-electron chi connectivity index (χ3n) is 6.51. The Hall–Kier alpha value is -2.11. The molecule has 272 valence electrons. The molecule has 0 spiro atoms. The largest absolute Gasteiger partial charge is 0.481 e. The molecule has 27 heteroatoms. The fourth-order valence-corrected chi connectivity index (χ4v) is 7.08. The first-order valence-electron chi connectivity index (χ1n) is 13.7. The molecule has 1 fully saturated rings. The van der Waals surface area contributed by atoms with E-state index in [-0.39, 0.29) is 35.9 Å². The average Bonchev–Trinajstić information content (AvgIpc) is 3.54. The first-order chi connectivity index (χ1) is 22.2. The van der Waals surface area contributed by atoms with Crippen LogP contribution in [0.25, 0.3) is 11.2 Å². The molecule has 3 rings (SSSR count). The molecular formula is C21H36N7O16P3S. The lowest BCUT2D eigenvalue weighted by atomic mass is 9.87. The number of phosphoric ester groups is 3. The van der Waals surface area contributed by atoms with Gasteiger partial charge in [-0.2, -0.15) is 16.9 Å². The quantitative estimate of drug-likeness (QED) is 0.0599. The van der Waals surface area contributed by atoms with Gasteiger partial charge in [0, 0.05) is 30.7 Å². The van der Waals surface area contributed by atoms with Gasteiger partial charge in [0.2, 0.25) is 11.8 Å². The number of nitrogens with one attached hydrogen (secondary N) is 2. The van der Waals surface area contributed by atoms with Crippen molar-refractivity contribution in [3.05, 3.63) is 12.7 Å². The second-order valence-electron chi connectivity index (χ2n) is 10.8. The Morgan fingerprint density at radius 3 is 2.42 bits per heavy atom. The number of ether oxygens (including phenoxy) is 1. The van der Waals surface area contributed by atoms with Crippen LogP contribution >= 0.6 is 36.1 Å². The number of nitrogens with zero attached hydrogens (tertiary/aromatic N) is 4. The molecule has 2 aromatic heterocycles. The lowest BCUT2D eigenvalue weighted by Gasteiger charge is -2.30. The topological polar surface area (TPSA) is 347 Å². The maximum Gasteiger partial charge on any atom is 0.481 e. The molecule has 7 atom stereocenters. The summed E-state index contributed by atoms with van der Waals surface area (Å²) in [6.07, 6.45) is -6.74. The number of imidazole rings is 1. The molecule has 2 amide bonds. The summed E-state index contributed by atoms with van der Waals surface area (Å²) in [5.41, 5.74) is 4.30. The van der Waals surface area contributed by atoms with E-state index in [9.17, 15) is 53.1 Å². The fraction of sp³-hybridized carbons (Fsp3) is 0.667. The van der Waals surface area contributed by atoms with E-state index < -0.39 is 78.6 Å². The smallest absolute Gasteiger partial charge is 0.386 e. The average molecular weight is 768 g/mol. The number of amides is 2. The van der Waals surface area contributed by atoms with Crippen molar-refractivity contribution in [3.8, 4) is 0 Å². The molecule has 0 bridgehead atoms. The SMILES string of the molecule is CC(C)(COP(=O)(O)OP(=O)(O)OC[C@H]1O[C@@H](n2cnc3c(N)ncnc32)C(O)[C@H]1OP(=O)(O)O)[C@@H](O)C(=O)NCCC(=O)NCCS. The lowest BCUT2D eigenvalue weighted by Crippen LogP contribution is -2.46. The highest BCUT2D eigenvalue weighted by atomic mass is 32.1. The molecule has 1 aliphatic rings. The van der Waals surface area contributed by atoms with Crippen LogP contribution in [0.2, 0.25) is 0 Å². The Morgan fingerprint density at radius 1 is 1.10 bits per heavy atom. The number of hydrogen-bond donors (Lipinski definition) is 10. The minimum Gasteiger partial charge on any atom is -0.386 e. The summed E-state index contributed by atoms with van der Waals surface area (Å²) in [6, 6.07) is 0. The highest BCUT2D eigenvalue weighted by Gasteiger charge is 2.50.